The molecule has 144 valence electrons. The molecule has 0 atom stereocenters. The van der Waals surface area contributed by atoms with Crippen molar-refractivity contribution < 1.29 is 9.72 Å². The van der Waals surface area contributed by atoms with E-state index in [-0.39, 0.29) is 22.4 Å². The van der Waals surface area contributed by atoms with Gasteiger partial charge in [-0.2, -0.15) is 0 Å². The third kappa shape index (κ3) is 4.35. The average molecular weight is 417 g/mol. The van der Waals surface area contributed by atoms with Gasteiger partial charge >= 0.3 is 0 Å². The number of nitrogens with zero attached hydrogens (tertiary/aromatic N) is 3. The normalized spacial score (nSPS) is 10.7. The highest BCUT2D eigenvalue weighted by Crippen LogP contribution is 2.28. The van der Waals surface area contributed by atoms with Gasteiger partial charge in [-0.1, -0.05) is 35.5 Å². The molecule has 1 N–H and O–H groups in total. The highest BCUT2D eigenvalue weighted by atomic mass is 35.5. The van der Waals surface area contributed by atoms with Crippen LogP contribution in [-0.2, 0) is 4.79 Å². The van der Waals surface area contributed by atoms with E-state index in [1.54, 1.807) is 6.20 Å². The fourth-order valence-electron chi connectivity index (χ4n) is 2.61. The molecule has 0 saturated heterocycles. The molecule has 0 aliphatic carbocycles. The van der Waals surface area contributed by atoms with E-state index < -0.39 is 4.92 Å². The van der Waals surface area contributed by atoms with Crippen molar-refractivity contribution in [1.82, 2.24) is 9.55 Å². The summed E-state index contributed by atoms with van der Waals surface area (Å²) in [5, 5.41) is 14.2. The summed E-state index contributed by atoms with van der Waals surface area (Å²) in [5.74, 6) is -0.161. The van der Waals surface area contributed by atoms with Crippen LogP contribution >= 0.6 is 23.4 Å². The molecule has 7 nitrogen and oxygen atoms in total. The van der Waals surface area contributed by atoms with Crippen LogP contribution in [0, 0.1) is 24.0 Å². The molecule has 3 aromatic rings. The summed E-state index contributed by atoms with van der Waals surface area (Å²) in [4.78, 5) is 26.8. The number of aryl methyl sites for hydroxylation is 1. The van der Waals surface area contributed by atoms with Crippen molar-refractivity contribution in [2.75, 3.05) is 11.1 Å². The maximum atomic E-state index is 12.3. The van der Waals surface area contributed by atoms with Crippen molar-refractivity contribution >= 4 is 40.6 Å². The zero-order valence-corrected chi connectivity index (χ0v) is 16.8. The van der Waals surface area contributed by atoms with E-state index in [4.69, 9.17) is 11.6 Å². The molecule has 9 heteroatoms. The summed E-state index contributed by atoms with van der Waals surface area (Å²) < 4.78 is 1.94. The zero-order valence-electron chi connectivity index (χ0n) is 15.2. The Kier molecular flexibility index (Phi) is 6.01. The SMILES string of the molecule is Cc1cccc(-n2ccnc2SCC(=O)Nc2ccc([N+](=O)[O-])cc2Cl)c1C. The van der Waals surface area contributed by atoms with E-state index in [1.807, 2.05) is 42.8 Å². The third-order valence-corrected chi connectivity index (χ3v) is 5.49. The Morgan fingerprint density at radius 2 is 2.11 bits per heavy atom. The first-order valence-electron chi connectivity index (χ1n) is 8.33. The maximum absolute atomic E-state index is 12.3. The van der Waals surface area contributed by atoms with Crippen LogP contribution in [0.15, 0.2) is 53.9 Å². The Labute approximate surface area is 170 Å². The zero-order chi connectivity index (χ0) is 20.3. The largest absolute Gasteiger partial charge is 0.324 e. The van der Waals surface area contributed by atoms with Crippen LogP contribution in [0.25, 0.3) is 5.69 Å². The number of halogens is 1. The summed E-state index contributed by atoms with van der Waals surface area (Å²) in [6, 6.07) is 9.95. The smallest absolute Gasteiger partial charge is 0.271 e. The molecule has 0 aliphatic heterocycles. The van der Waals surface area contributed by atoms with Gasteiger partial charge in [0.25, 0.3) is 5.69 Å². The van der Waals surface area contributed by atoms with Crippen molar-refractivity contribution in [3.8, 4) is 5.69 Å². The fraction of sp³-hybridized carbons (Fsp3) is 0.158. The van der Waals surface area contributed by atoms with Crippen LogP contribution in [0.3, 0.4) is 0 Å². The van der Waals surface area contributed by atoms with Gasteiger partial charge in [-0.15, -0.1) is 0 Å². The second-order valence-electron chi connectivity index (χ2n) is 6.06. The van der Waals surface area contributed by atoms with E-state index in [0.29, 0.717) is 10.8 Å². The monoisotopic (exact) mass is 416 g/mol. The molecule has 1 aromatic heterocycles. The Hall–Kier alpha value is -2.84. The van der Waals surface area contributed by atoms with E-state index in [0.717, 1.165) is 11.3 Å². The van der Waals surface area contributed by atoms with Crippen LogP contribution in [0.2, 0.25) is 5.02 Å². The molecule has 0 fully saturated rings. The molecular weight excluding hydrogens is 400 g/mol. The van der Waals surface area contributed by atoms with Gasteiger partial charge in [0.05, 0.1) is 27.1 Å². The number of imidazole rings is 1. The molecule has 0 saturated carbocycles. The predicted octanol–water partition coefficient (Wildman–Crippen LogP) is 4.78. The first-order valence-corrected chi connectivity index (χ1v) is 9.69. The van der Waals surface area contributed by atoms with Gasteiger partial charge in [0, 0.05) is 24.5 Å². The lowest BCUT2D eigenvalue weighted by molar-refractivity contribution is -0.384. The lowest BCUT2D eigenvalue weighted by Crippen LogP contribution is -2.15. The molecule has 3 rings (SSSR count). The number of aromatic nitrogens is 2. The highest BCUT2D eigenvalue weighted by Gasteiger charge is 2.14. The van der Waals surface area contributed by atoms with E-state index >= 15 is 0 Å². The molecule has 28 heavy (non-hydrogen) atoms. The molecule has 0 spiro atoms. The Balaban J connectivity index is 1.69. The van der Waals surface area contributed by atoms with Crippen LogP contribution in [0.1, 0.15) is 11.1 Å². The van der Waals surface area contributed by atoms with Gasteiger partial charge in [0.1, 0.15) is 0 Å². The van der Waals surface area contributed by atoms with E-state index in [2.05, 4.69) is 10.3 Å². The quantitative estimate of drug-likeness (QED) is 0.354. The summed E-state index contributed by atoms with van der Waals surface area (Å²) in [5.41, 5.74) is 3.53. The second kappa shape index (κ2) is 8.45. The molecule has 0 radical (unpaired) electrons. The number of carbonyl (C=O) groups excluding carboxylic acids is 1. The van der Waals surface area contributed by atoms with E-state index in [9.17, 15) is 14.9 Å². The van der Waals surface area contributed by atoms with Crippen molar-refractivity contribution in [1.29, 1.82) is 0 Å². The number of benzene rings is 2. The number of thioether (sulfide) groups is 1. The Bertz CT molecular complexity index is 1050. The first-order chi connectivity index (χ1) is 13.4. The Morgan fingerprint density at radius 1 is 1.32 bits per heavy atom. The van der Waals surface area contributed by atoms with Crippen LogP contribution in [0.5, 0.6) is 0 Å². The molecule has 1 heterocycles. The van der Waals surface area contributed by atoms with E-state index in [1.165, 1.54) is 35.5 Å². The fourth-order valence-corrected chi connectivity index (χ4v) is 3.60. The molecule has 0 unspecified atom stereocenters. The van der Waals surface area contributed by atoms with Crippen LogP contribution in [-0.4, -0.2) is 26.1 Å². The lowest BCUT2D eigenvalue weighted by atomic mass is 10.1. The number of amides is 1. The molecular formula is C19H17ClN4O3S. The predicted molar refractivity (Wildman–Crippen MR) is 110 cm³/mol. The van der Waals surface area contributed by atoms with Crippen LogP contribution in [0.4, 0.5) is 11.4 Å². The molecule has 2 aromatic carbocycles. The third-order valence-electron chi connectivity index (χ3n) is 4.21. The minimum Gasteiger partial charge on any atom is -0.324 e. The number of non-ortho nitro benzene ring substituents is 1. The van der Waals surface area contributed by atoms with Crippen LogP contribution < -0.4 is 5.32 Å². The highest BCUT2D eigenvalue weighted by molar-refractivity contribution is 7.99. The minimum atomic E-state index is -0.541. The number of anilines is 1. The van der Waals surface area contributed by atoms with Crippen molar-refractivity contribution in [3.63, 3.8) is 0 Å². The van der Waals surface area contributed by atoms with Crippen molar-refractivity contribution in [2.24, 2.45) is 0 Å². The summed E-state index contributed by atoms with van der Waals surface area (Å²) in [7, 11) is 0. The van der Waals surface area contributed by atoms with Gasteiger partial charge < -0.3 is 5.32 Å². The van der Waals surface area contributed by atoms with Gasteiger partial charge in [0.15, 0.2) is 5.16 Å². The number of rotatable bonds is 6. The number of hydrogen-bond acceptors (Lipinski definition) is 5. The van der Waals surface area contributed by atoms with Gasteiger partial charge in [-0.05, 0) is 37.1 Å². The molecule has 0 aliphatic rings. The van der Waals surface area contributed by atoms with Crippen molar-refractivity contribution in [3.05, 3.63) is 75.1 Å². The Morgan fingerprint density at radius 3 is 2.82 bits per heavy atom. The van der Waals surface area contributed by atoms with Gasteiger partial charge in [-0.3, -0.25) is 19.5 Å². The number of nitro groups is 1. The first kappa shape index (κ1) is 19.9. The average Bonchev–Trinajstić information content (AvgIpc) is 3.12. The number of hydrogen-bond donors (Lipinski definition) is 1. The summed E-state index contributed by atoms with van der Waals surface area (Å²) in [6.45, 7) is 4.09. The van der Waals surface area contributed by atoms with Crippen molar-refractivity contribution in [2.45, 2.75) is 19.0 Å². The summed E-state index contributed by atoms with van der Waals surface area (Å²) in [6.07, 6.45) is 3.55. The molecule has 1 amide bonds. The number of nitrogens with one attached hydrogen (secondary N) is 1. The number of nitro benzene ring substituents is 1. The second-order valence-corrected chi connectivity index (χ2v) is 7.41. The maximum Gasteiger partial charge on any atom is 0.271 e. The summed E-state index contributed by atoms with van der Waals surface area (Å²) >= 11 is 7.31. The topological polar surface area (TPSA) is 90.1 Å². The van der Waals surface area contributed by atoms with Gasteiger partial charge in [-0.25, -0.2) is 4.98 Å². The lowest BCUT2D eigenvalue weighted by Gasteiger charge is -2.12. The van der Waals surface area contributed by atoms with Gasteiger partial charge in [0.2, 0.25) is 5.91 Å². The standard InChI is InChI=1S/C19H17ClN4O3S/c1-12-4-3-5-17(13(12)2)23-9-8-21-19(23)28-11-18(25)22-16-7-6-14(24(26)27)10-15(16)20/h3-10H,11H2,1-2H3,(H,22,25). The molecule has 0 bridgehead atoms. The minimum absolute atomic E-state index is 0.115. The number of carbonyl (C=O) groups is 1.